The molecule has 7 heteroatoms. The van der Waals surface area contributed by atoms with E-state index in [-0.39, 0.29) is 28.8 Å². The molecule has 2 aliphatic rings. The lowest BCUT2D eigenvalue weighted by Gasteiger charge is -2.34. The van der Waals surface area contributed by atoms with Gasteiger partial charge in [-0.1, -0.05) is 0 Å². The van der Waals surface area contributed by atoms with Crippen molar-refractivity contribution in [1.82, 2.24) is 9.80 Å². The topological polar surface area (TPSA) is 74.8 Å². The van der Waals surface area contributed by atoms with Crippen molar-refractivity contribution in [1.29, 1.82) is 0 Å². The summed E-state index contributed by atoms with van der Waals surface area (Å²) >= 11 is 0. The van der Waals surface area contributed by atoms with Gasteiger partial charge in [-0.15, -0.1) is 0 Å². The van der Waals surface area contributed by atoms with Gasteiger partial charge in [0.1, 0.15) is 0 Å². The number of nitrogens with zero attached hydrogens (tertiary/aromatic N) is 2. The van der Waals surface area contributed by atoms with E-state index in [1.165, 1.54) is 12.1 Å². The van der Waals surface area contributed by atoms with Crippen LogP contribution in [0.25, 0.3) is 0 Å². The van der Waals surface area contributed by atoms with Gasteiger partial charge in [-0.05, 0) is 49.9 Å². The highest BCUT2D eigenvalue weighted by Crippen LogP contribution is 2.31. The molecule has 2 aliphatic heterocycles. The predicted octanol–water partition coefficient (Wildman–Crippen LogP) is 1.71. The number of sulfone groups is 1. The smallest absolute Gasteiger partial charge is 0.254 e. The van der Waals surface area contributed by atoms with E-state index in [0.717, 1.165) is 38.5 Å². The van der Waals surface area contributed by atoms with Crippen LogP contribution in [0.3, 0.4) is 0 Å². The average Bonchev–Trinajstić information content (AvgIpc) is 3.21. The highest BCUT2D eigenvalue weighted by atomic mass is 32.2. The average molecular weight is 364 g/mol. The molecule has 136 valence electrons. The van der Waals surface area contributed by atoms with Crippen LogP contribution in [0.4, 0.5) is 0 Å². The summed E-state index contributed by atoms with van der Waals surface area (Å²) in [5, 5.41) is 0. The highest BCUT2D eigenvalue weighted by molar-refractivity contribution is 7.90. The maximum atomic E-state index is 12.9. The Bertz CT molecular complexity index is 773. The molecule has 2 saturated heterocycles. The minimum absolute atomic E-state index is 0.0495. The second kappa shape index (κ2) is 6.78. The lowest BCUT2D eigenvalue weighted by Crippen LogP contribution is -2.49. The van der Waals surface area contributed by atoms with Crippen LogP contribution in [-0.4, -0.2) is 61.5 Å². The van der Waals surface area contributed by atoms with E-state index in [2.05, 4.69) is 0 Å². The molecule has 0 saturated carbocycles. The summed E-state index contributed by atoms with van der Waals surface area (Å²) in [6, 6.07) is 6.25. The van der Waals surface area contributed by atoms with E-state index >= 15 is 0 Å². The van der Waals surface area contributed by atoms with E-state index < -0.39 is 9.84 Å². The molecular formula is C18H24N2O4S. The highest BCUT2D eigenvalue weighted by Gasteiger charge is 2.40. The number of carbonyl (C=O) groups is 2. The first kappa shape index (κ1) is 17.9. The molecule has 1 aromatic carbocycles. The van der Waals surface area contributed by atoms with Crippen LogP contribution in [0.5, 0.6) is 0 Å². The van der Waals surface area contributed by atoms with E-state index in [9.17, 15) is 18.0 Å². The summed E-state index contributed by atoms with van der Waals surface area (Å²) < 4.78 is 23.1. The molecular weight excluding hydrogens is 340 g/mol. The maximum Gasteiger partial charge on any atom is 0.254 e. The van der Waals surface area contributed by atoms with Gasteiger partial charge in [-0.25, -0.2) is 8.42 Å². The van der Waals surface area contributed by atoms with Crippen LogP contribution < -0.4 is 0 Å². The molecule has 2 heterocycles. The zero-order chi connectivity index (χ0) is 18.2. The molecule has 0 aliphatic carbocycles. The summed E-state index contributed by atoms with van der Waals surface area (Å²) in [7, 11) is -3.27. The van der Waals surface area contributed by atoms with E-state index in [1.54, 1.807) is 19.1 Å². The van der Waals surface area contributed by atoms with E-state index in [1.807, 2.05) is 9.80 Å². The van der Waals surface area contributed by atoms with Crippen molar-refractivity contribution in [3.05, 3.63) is 29.8 Å². The van der Waals surface area contributed by atoms with E-state index in [4.69, 9.17) is 0 Å². The fraction of sp³-hybridized carbons (Fsp3) is 0.556. The Balaban J connectivity index is 1.80. The Kier molecular flexibility index (Phi) is 4.86. The predicted molar refractivity (Wildman–Crippen MR) is 94.0 cm³/mol. The quantitative estimate of drug-likeness (QED) is 0.818. The van der Waals surface area contributed by atoms with Crippen LogP contribution in [0.15, 0.2) is 29.2 Å². The largest absolute Gasteiger partial charge is 0.338 e. The summed E-state index contributed by atoms with van der Waals surface area (Å²) in [6.07, 6.45) is 4.89. The molecule has 25 heavy (non-hydrogen) atoms. The van der Waals surface area contributed by atoms with Crippen molar-refractivity contribution in [2.24, 2.45) is 0 Å². The molecule has 0 aromatic heterocycles. The van der Waals surface area contributed by atoms with Gasteiger partial charge in [-0.3, -0.25) is 9.59 Å². The number of carbonyl (C=O) groups excluding carboxylic acids is 2. The van der Waals surface area contributed by atoms with Crippen molar-refractivity contribution < 1.29 is 18.0 Å². The molecule has 1 aromatic rings. The number of rotatable bonds is 3. The van der Waals surface area contributed by atoms with Crippen molar-refractivity contribution in [3.63, 3.8) is 0 Å². The zero-order valence-corrected chi connectivity index (χ0v) is 15.5. The fourth-order valence-electron chi connectivity index (χ4n) is 4.04. The first-order valence-corrected chi connectivity index (χ1v) is 10.6. The third-order valence-corrected chi connectivity index (χ3v) is 6.37. The standard InChI is InChI=1S/C18H24N2O4S/c1-13(21)19-11-3-5-16(19)17-6-4-12-20(17)18(22)14-7-9-15(10-8-14)25(2,23)24/h7-10,16-17H,3-6,11-12H2,1-2H3. The summed E-state index contributed by atoms with van der Waals surface area (Å²) in [4.78, 5) is 28.7. The number of hydrogen-bond acceptors (Lipinski definition) is 4. The van der Waals surface area contributed by atoms with Crippen LogP contribution >= 0.6 is 0 Å². The van der Waals surface area contributed by atoms with Crippen molar-refractivity contribution >= 4 is 21.7 Å². The van der Waals surface area contributed by atoms with Crippen LogP contribution in [0, 0.1) is 0 Å². The van der Waals surface area contributed by atoms with Gasteiger partial charge in [-0.2, -0.15) is 0 Å². The molecule has 6 nitrogen and oxygen atoms in total. The third kappa shape index (κ3) is 3.56. The number of benzene rings is 1. The molecule has 0 spiro atoms. The van der Waals surface area contributed by atoms with E-state index in [0.29, 0.717) is 12.1 Å². The molecule has 0 bridgehead atoms. The van der Waals surface area contributed by atoms with Crippen molar-refractivity contribution in [3.8, 4) is 0 Å². The van der Waals surface area contributed by atoms with Crippen molar-refractivity contribution in [2.75, 3.05) is 19.3 Å². The minimum atomic E-state index is -3.27. The fourth-order valence-corrected chi connectivity index (χ4v) is 4.67. The minimum Gasteiger partial charge on any atom is -0.338 e. The number of likely N-dealkylation sites (tertiary alicyclic amines) is 2. The van der Waals surface area contributed by atoms with Gasteiger partial charge in [0.15, 0.2) is 9.84 Å². The van der Waals surface area contributed by atoms with Gasteiger partial charge in [0.05, 0.1) is 17.0 Å². The first-order chi connectivity index (χ1) is 11.8. The molecule has 3 rings (SSSR count). The first-order valence-electron chi connectivity index (χ1n) is 8.67. The normalized spacial score (nSPS) is 23.9. The Morgan fingerprint density at radius 3 is 2.00 bits per heavy atom. The molecule has 2 unspecified atom stereocenters. The Morgan fingerprint density at radius 1 is 0.960 bits per heavy atom. The van der Waals surface area contributed by atoms with Gasteiger partial charge < -0.3 is 9.80 Å². The monoisotopic (exact) mass is 364 g/mol. The van der Waals surface area contributed by atoms with Crippen LogP contribution in [0.1, 0.15) is 43.0 Å². The van der Waals surface area contributed by atoms with Gasteiger partial charge >= 0.3 is 0 Å². The molecule has 2 atom stereocenters. The summed E-state index contributed by atoms with van der Waals surface area (Å²) in [5.74, 6) is -0.0164. The molecule has 2 amide bonds. The second-order valence-electron chi connectivity index (χ2n) is 6.93. The molecule has 2 fully saturated rings. The summed E-state index contributed by atoms with van der Waals surface area (Å²) in [6.45, 7) is 3.03. The molecule has 0 radical (unpaired) electrons. The Hall–Kier alpha value is -1.89. The Morgan fingerprint density at radius 2 is 1.48 bits per heavy atom. The third-order valence-electron chi connectivity index (χ3n) is 5.24. The number of amides is 2. The lowest BCUT2D eigenvalue weighted by atomic mass is 10.0. The van der Waals surface area contributed by atoms with Crippen molar-refractivity contribution in [2.45, 2.75) is 49.6 Å². The Labute approximate surface area is 148 Å². The maximum absolute atomic E-state index is 12.9. The SMILES string of the molecule is CC(=O)N1CCCC1C1CCCN1C(=O)c1ccc(S(C)(=O)=O)cc1. The lowest BCUT2D eigenvalue weighted by molar-refractivity contribution is -0.130. The summed E-state index contributed by atoms with van der Waals surface area (Å²) in [5.41, 5.74) is 0.492. The van der Waals surface area contributed by atoms with Crippen LogP contribution in [-0.2, 0) is 14.6 Å². The van der Waals surface area contributed by atoms with Gasteiger partial charge in [0.2, 0.25) is 5.91 Å². The van der Waals surface area contributed by atoms with Gasteiger partial charge in [0, 0.05) is 31.8 Å². The zero-order valence-electron chi connectivity index (χ0n) is 14.6. The van der Waals surface area contributed by atoms with Gasteiger partial charge in [0.25, 0.3) is 5.91 Å². The number of hydrogen-bond donors (Lipinski definition) is 0. The second-order valence-corrected chi connectivity index (χ2v) is 8.94. The van der Waals surface area contributed by atoms with Crippen LogP contribution in [0.2, 0.25) is 0 Å². The molecule has 0 N–H and O–H groups in total.